The highest BCUT2D eigenvalue weighted by atomic mass is 19.1. The molecule has 2 aliphatic rings. The fraction of sp³-hybridized carbons (Fsp3) is 0.467. The second-order valence-electron chi connectivity index (χ2n) is 5.85. The van der Waals surface area contributed by atoms with Crippen molar-refractivity contribution in [2.75, 3.05) is 18.5 Å². The van der Waals surface area contributed by atoms with Gasteiger partial charge in [-0.15, -0.1) is 0 Å². The third-order valence-corrected chi connectivity index (χ3v) is 4.35. The van der Waals surface area contributed by atoms with Crippen LogP contribution in [0.4, 0.5) is 10.2 Å². The third kappa shape index (κ3) is 1.93. The average molecular weight is 304 g/mol. The zero-order valence-corrected chi connectivity index (χ0v) is 12.2. The number of aliphatic hydroxyl groups is 1. The van der Waals surface area contributed by atoms with Crippen molar-refractivity contribution in [1.82, 2.24) is 14.5 Å². The van der Waals surface area contributed by atoms with Crippen LogP contribution in [0.15, 0.2) is 18.6 Å². The van der Waals surface area contributed by atoms with E-state index < -0.39 is 0 Å². The number of hydrogen-bond acceptors (Lipinski definition) is 5. The highest BCUT2D eigenvalue weighted by molar-refractivity contribution is 5.98. The third-order valence-electron chi connectivity index (χ3n) is 4.35. The molecule has 0 unspecified atom stereocenters. The Bertz CT molecular complexity index is 757. The van der Waals surface area contributed by atoms with Gasteiger partial charge in [0.2, 0.25) is 0 Å². The molecule has 1 saturated heterocycles. The van der Waals surface area contributed by atoms with Gasteiger partial charge in [-0.1, -0.05) is 6.92 Å². The first-order valence-corrected chi connectivity index (χ1v) is 7.40. The maximum absolute atomic E-state index is 14.3. The van der Waals surface area contributed by atoms with Gasteiger partial charge in [-0.3, -0.25) is 0 Å². The number of aliphatic hydroxyl groups excluding tert-OH is 1. The molecule has 0 aliphatic carbocycles. The molecule has 2 N–H and O–H groups in total. The van der Waals surface area contributed by atoms with Gasteiger partial charge >= 0.3 is 0 Å². The van der Waals surface area contributed by atoms with E-state index in [0.29, 0.717) is 29.0 Å². The Hall–Kier alpha value is -1.99. The van der Waals surface area contributed by atoms with E-state index in [-0.39, 0.29) is 30.7 Å². The Morgan fingerprint density at radius 2 is 2.36 bits per heavy atom. The van der Waals surface area contributed by atoms with E-state index in [0.717, 1.165) is 6.42 Å². The van der Waals surface area contributed by atoms with Crippen molar-refractivity contribution in [1.29, 1.82) is 0 Å². The fourth-order valence-corrected chi connectivity index (χ4v) is 3.32. The van der Waals surface area contributed by atoms with Crippen molar-refractivity contribution in [2.45, 2.75) is 25.7 Å². The lowest BCUT2D eigenvalue weighted by atomic mass is 10.1. The molecule has 2 aliphatic heterocycles. The monoisotopic (exact) mass is 304 g/mol. The number of nitrogens with one attached hydrogen (secondary N) is 1. The number of hydrogen-bond donors (Lipinski definition) is 2. The summed E-state index contributed by atoms with van der Waals surface area (Å²) in [5.41, 5.74) is 1.13. The summed E-state index contributed by atoms with van der Waals surface area (Å²) in [5.74, 6) is 0.558. The second-order valence-corrected chi connectivity index (χ2v) is 5.85. The van der Waals surface area contributed by atoms with Crippen LogP contribution in [0.25, 0.3) is 16.9 Å². The minimum atomic E-state index is -0.283. The Morgan fingerprint density at radius 3 is 3.14 bits per heavy atom. The molecule has 0 radical (unpaired) electrons. The molecule has 2 aromatic rings. The van der Waals surface area contributed by atoms with Crippen molar-refractivity contribution < 1.29 is 14.2 Å². The molecule has 0 amide bonds. The molecule has 3 atom stereocenters. The molecule has 4 rings (SSSR count). The molecule has 2 aromatic heterocycles. The Labute approximate surface area is 126 Å². The summed E-state index contributed by atoms with van der Waals surface area (Å²) in [5, 5.41) is 13.1. The zero-order chi connectivity index (χ0) is 15.3. The molecule has 7 heteroatoms. The number of aromatic nitrogens is 3. The molecule has 0 aromatic carbocycles. The van der Waals surface area contributed by atoms with Crippen molar-refractivity contribution in [3.63, 3.8) is 0 Å². The standard InChI is InChI=1S/C15H17FN4O2/c1-8-4-9(6-21)22-15(8)20-5-10-11(16)2-3-17-13-12(10)14(20)19-7-18-13/h2,5,7-9,15,21H,3-4,6H2,1H3,(H,17,18,19)/t8-,9-,15+/m0/s1. The van der Waals surface area contributed by atoms with Gasteiger partial charge in [-0.25, -0.2) is 14.4 Å². The second kappa shape index (κ2) is 5.03. The SMILES string of the molecule is C[C@H]1C[C@@H](CO)O[C@H]1n1cc2c3c(ncnc31)NCC=C2F. The van der Waals surface area contributed by atoms with E-state index in [4.69, 9.17) is 4.74 Å². The Kier molecular flexibility index (Phi) is 3.12. The van der Waals surface area contributed by atoms with E-state index in [1.54, 1.807) is 6.20 Å². The summed E-state index contributed by atoms with van der Waals surface area (Å²) < 4.78 is 22.1. The molecular formula is C15H17FN4O2. The lowest BCUT2D eigenvalue weighted by Crippen LogP contribution is -2.15. The van der Waals surface area contributed by atoms with Crippen LogP contribution in [0.3, 0.4) is 0 Å². The maximum atomic E-state index is 14.3. The fourth-order valence-electron chi connectivity index (χ4n) is 3.32. The molecule has 0 spiro atoms. The van der Waals surface area contributed by atoms with Gasteiger partial charge in [-0.2, -0.15) is 0 Å². The highest BCUT2D eigenvalue weighted by Gasteiger charge is 2.35. The zero-order valence-electron chi connectivity index (χ0n) is 12.2. The van der Waals surface area contributed by atoms with Crippen LogP contribution in [-0.2, 0) is 4.74 Å². The summed E-state index contributed by atoms with van der Waals surface area (Å²) >= 11 is 0. The van der Waals surface area contributed by atoms with Crippen LogP contribution in [0.5, 0.6) is 0 Å². The van der Waals surface area contributed by atoms with Crippen molar-refractivity contribution >= 4 is 22.7 Å². The Balaban J connectivity index is 1.89. The highest BCUT2D eigenvalue weighted by Crippen LogP contribution is 2.40. The summed E-state index contributed by atoms with van der Waals surface area (Å²) in [6, 6.07) is 0. The number of anilines is 1. The minimum absolute atomic E-state index is 0.0110. The van der Waals surface area contributed by atoms with E-state index in [9.17, 15) is 9.50 Å². The lowest BCUT2D eigenvalue weighted by Gasteiger charge is -2.18. The van der Waals surface area contributed by atoms with E-state index in [2.05, 4.69) is 22.2 Å². The number of ether oxygens (including phenoxy) is 1. The molecule has 6 nitrogen and oxygen atoms in total. The summed E-state index contributed by atoms with van der Waals surface area (Å²) in [6.45, 7) is 2.45. The van der Waals surface area contributed by atoms with Crippen LogP contribution < -0.4 is 5.32 Å². The van der Waals surface area contributed by atoms with Crippen molar-refractivity contribution in [3.8, 4) is 0 Å². The Morgan fingerprint density at radius 1 is 1.50 bits per heavy atom. The molecule has 22 heavy (non-hydrogen) atoms. The largest absolute Gasteiger partial charge is 0.394 e. The van der Waals surface area contributed by atoms with E-state index in [1.807, 2.05) is 4.57 Å². The topological polar surface area (TPSA) is 72.2 Å². The van der Waals surface area contributed by atoms with Gasteiger partial charge in [0, 0.05) is 24.2 Å². The van der Waals surface area contributed by atoms with Crippen LogP contribution in [-0.4, -0.2) is 38.9 Å². The first-order chi connectivity index (χ1) is 10.7. The molecule has 0 saturated carbocycles. The summed E-state index contributed by atoms with van der Waals surface area (Å²) in [7, 11) is 0. The lowest BCUT2D eigenvalue weighted by molar-refractivity contribution is -0.0292. The van der Waals surface area contributed by atoms with Gasteiger partial charge in [0.25, 0.3) is 0 Å². The van der Waals surface area contributed by atoms with Crippen LogP contribution in [0, 0.1) is 5.92 Å². The smallest absolute Gasteiger partial charge is 0.148 e. The van der Waals surface area contributed by atoms with Crippen molar-refractivity contribution in [3.05, 3.63) is 24.2 Å². The van der Waals surface area contributed by atoms with E-state index in [1.165, 1.54) is 12.4 Å². The summed E-state index contributed by atoms with van der Waals surface area (Å²) in [6.07, 6.45) is 5.03. The maximum Gasteiger partial charge on any atom is 0.148 e. The normalized spacial score (nSPS) is 27.6. The number of nitrogens with zero attached hydrogens (tertiary/aromatic N) is 3. The molecule has 1 fully saturated rings. The quantitative estimate of drug-likeness (QED) is 0.889. The van der Waals surface area contributed by atoms with Crippen molar-refractivity contribution in [2.24, 2.45) is 5.92 Å². The van der Waals surface area contributed by atoms with Gasteiger partial charge in [-0.05, 0) is 12.5 Å². The molecule has 4 heterocycles. The first kappa shape index (κ1) is 13.7. The van der Waals surface area contributed by atoms with Gasteiger partial charge in [0.15, 0.2) is 0 Å². The van der Waals surface area contributed by atoms with Crippen LogP contribution in [0.1, 0.15) is 25.1 Å². The molecule has 116 valence electrons. The van der Waals surface area contributed by atoms with E-state index >= 15 is 0 Å². The van der Waals surface area contributed by atoms with Crippen LogP contribution >= 0.6 is 0 Å². The van der Waals surface area contributed by atoms with Gasteiger partial charge in [0.05, 0.1) is 18.1 Å². The summed E-state index contributed by atoms with van der Waals surface area (Å²) in [4.78, 5) is 8.53. The molecule has 0 bridgehead atoms. The minimum Gasteiger partial charge on any atom is -0.394 e. The predicted octanol–water partition coefficient (Wildman–Crippen LogP) is 2.08. The number of rotatable bonds is 2. The van der Waals surface area contributed by atoms with Crippen LogP contribution in [0.2, 0.25) is 0 Å². The van der Waals surface area contributed by atoms with Gasteiger partial charge in [0.1, 0.15) is 29.8 Å². The average Bonchev–Trinajstić information content (AvgIpc) is 3.03. The predicted molar refractivity (Wildman–Crippen MR) is 79.9 cm³/mol. The number of halogens is 1. The van der Waals surface area contributed by atoms with Gasteiger partial charge < -0.3 is 19.7 Å². The molecular weight excluding hydrogens is 287 g/mol. The first-order valence-electron chi connectivity index (χ1n) is 7.40.